The van der Waals surface area contributed by atoms with Crippen LogP contribution in [0.2, 0.25) is 0 Å². The molecule has 1 aliphatic carbocycles. The summed E-state index contributed by atoms with van der Waals surface area (Å²) in [6, 6.07) is 0. The van der Waals surface area contributed by atoms with Crippen LogP contribution in [0.4, 0.5) is 0 Å². The first-order valence-electron chi connectivity index (χ1n) is 6.65. The molecule has 0 aliphatic heterocycles. The van der Waals surface area contributed by atoms with E-state index in [9.17, 15) is 4.79 Å². The normalized spacial score (nSPS) is 23.9. The summed E-state index contributed by atoms with van der Waals surface area (Å²) in [6.45, 7) is 1.16. The quantitative estimate of drug-likeness (QED) is 0.841. The first-order valence-corrected chi connectivity index (χ1v) is 6.65. The summed E-state index contributed by atoms with van der Waals surface area (Å²) in [4.78, 5) is 21.4. The van der Waals surface area contributed by atoms with Gasteiger partial charge in [0.2, 0.25) is 5.91 Å². The number of nitrogens with one attached hydrogen (secondary N) is 1. The highest BCUT2D eigenvalue weighted by Gasteiger charge is 2.31. The van der Waals surface area contributed by atoms with Gasteiger partial charge in [0.25, 0.3) is 0 Å². The smallest absolute Gasteiger partial charge is 0.226 e. The Balaban J connectivity index is 1.96. The van der Waals surface area contributed by atoms with Crippen LogP contribution in [-0.2, 0) is 11.3 Å². The molecule has 0 saturated heterocycles. The standard InChI is InChI=1S/C13H22N4O/c1-17(9-12-15-6-7-16-12)13(18)11-5-3-2-4-10(11)8-14/h6-7,10-11H,2-5,8-9,14H2,1H3,(H,15,16). The van der Waals surface area contributed by atoms with E-state index < -0.39 is 0 Å². The van der Waals surface area contributed by atoms with Gasteiger partial charge in [-0.1, -0.05) is 12.8 Å². The van der Waals surface area contributed by atoms with Crippen molar-refractivity contribution in [1.29, 1.82) is 0 Å². The fourth-order valence-electron chi connectivity index (χ4n) is 2.78. The van der Waals surface area contributed by atoms with Crippen LogP contribution in [0.3, 0.4) is 0 Å². The molecule has 1 amide bonds. The second-order valence-corrected chi connectivity index (χ2v) is 5.12. The molecule has 2 atom stereocenters. The maximum Gasteiger partial charge on any atom is 0.226 e. The molecule has 100 valence electrons. The number of carbonyl (C=O) groups is 1. The third-order valence-electron chi connectivity index (χ3n) is 3.85. The van der Waals surface area contributed by atoms with Crippen molar-refractivity contribution in [2.24, 2.45) is 17.6 Å². The van der Waals surface area contributed by atoms with Crippen molar-refractivity contribution in [3.8, 4) is 0 Å². The van der Waals surface area contributed by atoms with Crippen LogP contribution in [-0.4, -0.2) is 34.4 Å². The zero-order valence-electron chi connectivity index (χ0n) is 10.9. The molecule has 3 N–H and O–H groups in total. The molecule has 0 bridgehead atoms. The van der Waals surface area contributed by atoms with E-state index in [2.05, 4.69) is 9.97 Å². The Kier molecular flexibility index (Phi) is 4.36. The van der Waals surface area contributed by atoms with Crippen LogP contribution >= 0.6 is 0 Å². The molecule has 0 radical (unpaired) electrons. The fourth-order valence-corrected chi connectivity index (χ4v) is 2.78. The molecule has 1 fully saturated rings. The van der Waals surface area contributed by atoms with Gasteiger partial charge >= 0.3 is 0 Å². The van der Waals surface area contributed by atoms with Crippen molar-refractivity contribution in [2.45, 2.75) is 32.2 Å². The van der Waals surface area contributed by atoms with E-state index in [-0.39, 0.29) is 11.8 Å². The molecule has 1 aromatic heterocycles. The van der Waals surface area contributed by atoms with Crippen LogP contribution in [0.25, 0.3) is 0 Å². The second-order valence-electron chi connectivity index (χ2n) is 5.12. The number of imidazole rings is 1. The van der Waals surface area contributed by atoms with Gasteiger partial charge in [-0.05, 0) is 25.3 Å². The first-order chi connectivity index (χ1) is 8.72. The molecular formula is C13H22N4O. The van der Waals surface area contributed by atoms with Crippen LogP contribution in [0.5, 0.6) is 0 Å². The van der Waals surface area contributed by atoms with E-state index in [1.165, 1.54) is 6.42 Å². The number of H-pyrrole nitrogens is 1. The minimum absolute atomic E-state index is 0.101. The lowest BCUT2D eigenvalue weighted by atomic mass is 9.78. The van der Waals surface area contributed by atoms with Gasteiger partial charge in [-0.15, -0.1) is 0 Å². The number of hydrogen-bond acceptors (Lipinski definition) is 3. The Hall–Kier alpha value is -1.36. The predicted octanol–water partition coefficient (Wildman–Crippen LogP) is 1.13. The van der Waals surface area contributed by atoms with Gasteiger partial charge in [0.15, 0.2) is 0 Å². The monoisotopic (exact) mass is 250 g/mol. The molecule has 1 aliphatic rings. The summed E-state index contributed by atoms with van der Waals surface area (Å²) in [7, 11) is 1.84. The van der Waals surface area contributed by atoms with Crippen molar-refractivity contribution in [1.82, 2.24) is 14.9 Å². The van der Waals surface area contributed by atoms with Crippen LogP contribution in [0.15, 0.2) is 12.4 Å². The third-order valence-corrected chi connectivity index (χ3v) is 3.85. The molecule has 5 heteroatoms. The molecule has 18 heavy (non-hydrogen) atoms. The van der Waals surface area contributed by atoms with E-state index in [0.717, 1.165) is 25.1 Å². The average Bonchev–Trinajstić information content (AvgIpc) is 2.90. The number of nitrogens with zero attached hydrogens (tertiary/aromatic N) is 2. The number of nitrogens with two attached hydrogens (primary N) is 1. The Morgan fingerprint density at radius 3 is 3.00 bits per heavy atom. The highest BCUT2D eigenvalue weighted by atomic mass is 16.2. The Morgan fingerprint density at radius 1 is 1.56 bits per heavy atom. The lowest BCUT2D eigenvalue weighted by molar-refractivity contribution is -0.137. The maximum absolute atomic E-state index is 12.4. The van der Waals surface area contributed by atoms with Gasteiger partial charge in [-0.3, -0.25) is 4.79 Å². The lowest BCUT2D eigenvalue weighted by Gasteiger charge is -2.32. The minimum atomic E-state index is 0.101. The average molecular weight is 250 g/mol. The van der Waals surface area contributed by atoms with Gasteiger partial charge in [0.1, 0.15) is 5.82 Å². The molecule has 1 saturated carbocycles. The van der Waals surface area contributed by atoms with Crippen molar-refractivity contribution >= 4 is 5.91 Å². The zero-order valence-corrected chi connectivity index (χ0v) is 10.9. The van der Waals surface area contributed by atoms with Crippen molar-refractivity contribution < 1.29 is 4.79 Å². The Bertz CT molecular complexity index is 376. The van der Waals surface area contributed by atoms with Gasteiger partial charge in [-0.2, -0.15) is 0 Å². The first kappa shape index (κ1) is 13.1. The lowest BCUT2D eigenvalue weighted by Crippen LogP contribution is -2.40. The maximum atomic E-state index is 12.4. The number of amides is 1. The summed E-state index contributed by atoms with van der Waals surface area (Å²) in [5.41, 5.74) is 5.78. The predicted molar refractivity (Wildman–Crippen MR) is 69.6 cm³/mol. The highest BCUT2D eigenvalue weighted by molar-refractivity contribution is 5.79. The van der Waals surface area contributed by atoms with Gasteiger partial charge in [0.05, 0.1) is 6.54 Å². The second kappa shape index (κ2) is 6.00. The van der Waals surface area contributed by atoms with Crippen LogP contribution in [0, 0.1) is 11.8 Å². The molecule has 0 spiro atoms. The van der Waals surface area contributed by atoms with E-state index in [0.29, 0.717) is 19.0 Å². The third kappa shape index (κ3) is 2.90. The molecule has 5 nitrogen and oxygen atoms in total. The molecule has 2 rings (SSSR count). The summed E-state index contributed by atoms with van der Waals surface area (Å²) in [6.07, 6.45) is 7.88. The topological polar surface area (TPSA) is 75.0 Å². The van der Waals surface area contributed by atoms with Gasteiger partial charge in [0, 0.05) is 25.4 Å². The van der Waals surface area contributed by atoms with Crippen molar-refractivity contribution in [3.63, 3.8) is 0 Å². The minimum Gasteiger partial charge on any atom is -0.347 e. The number of hydrogen-bond donors (Lipinski definition) is 2. The van der Waals surface area contributed by atoms with Gasteiger partial charge in [-0.25, -0.2) is 4.98 Å². The number of rotatable bonds is 4. The van der Waals surface area contributed by atoms with E-state index >= 15 is 0 Å². The number of aromatic amines is 1. The summed E-state index contributed by atoms with van der Waals surface area (Å²) in [5.74, 6) is 1.49. The summed E-state index contributed by atoms with van der Waals surface area (Å²) < 4.78 is 0. The van der Waals surface area contributed by atoms with Crippen LogP contribution in [0.1, 0.15) is 31.5 Å². The van der Waals surface area contributed by atoms with E-state index in [1.807, 2.05) is 7.05 Å². The largest absolute Gasteiger partial charge is 0.347 e. The molecule has 1 heterocycles. The zero-order chi connectivity index (χ0) is 13.0. The molecular weight excluding hydrogens is 228 g/mol. The fraction of sp³-hybridized carbons (Fsp3) is 0.692. The summed E-state index contributed by atoms with van der Waals surface area (Å²) >= 11 is 0. The highest BCUT2D eigenvalue weighted by Crippen LogP contribution is 2.30. The van der Waals surface area contributed by atoms with Gasteiger partial charge < -0.3 is 15.6 Å². The summed E-state index contributed by atoms with van der Waals surface area (Å²) in [5, 5.41) is 0. The Morgan fingerprint density at radius 2 is 2.33 bits per heavy atom. The SMILES string of the molecule is CN(Cc1ncc[nH]1)C(=O)C1CCCCC1CN. The van der Waals surface area contributed by atoms with Crippen molar-refractivity contribution in [3.05, 3.63) is 18.2 Å². The molecule has 0 aromatic carbocycles. The van der Waals surface area contributed by atoms with E-state index in [1.54, 1.807) is 17.3 Å². The van der Waals surface area contributed by atoms with E-state index in [4.69, 9.17) is 5.73 Å². The Labute approximate surface area is 108 Å². The van der Waals surface area contributed by atoms with Crippen LogP contribution < -0.4 is 5.73 Å². The molecule has 1 aromatic rings. The number of aromatic nitrogens is 2. The molecule has 2 unspecified atom stereocenters. The number of carbonyl (C=O) groups excluding carboxylic acids is 1. The van der Waals surface area contributed by atoms with Crippen molar-refractivity contribution in [2.75, 3.05) is 13.6 Å².